The molecule has 1 heterocycles. The Morgan fingerprint density at radius 2 is 1.92 bits per heavy atom. The van der Waals surface area contributed by atoms with Crippen LogP contribution in [0.1, 0.15) is 51.1 Å². The van der Waals surface area contributed by atoms with Crippen LogP contribution in [0.25, 0.3) is 0 Å². The van der Waals surface area contributed by atoms with Gasteiger partial charge in [0.25, 0.3) is 0 Å². The van der Waals surface area contributed by atoms with Gasteiger partial charge in [-0.05, 0) is 55.7 Å². The minimum absolute atomic E-state index is 0.172. The maximum absolute atomic E-state index is 12.7. The zero-order valence-corrected chi connectivity index (χ0v) is 15.0. The van der Waals surface area contributed by atoms with Gasteiger partial charge in [0, 0.05) is 29.5 Å². The van der Waals surface area contributed by atoms with Crippen LogP contribution >= 0.6 is 0 Å². The van der Waals surface area contributed by atoms with Gasteiger partial charge in [-0.1, -0.05) is 31.5 Å². The number of fused-ring (bicyclic) bond motifs is 1. The smallest absolute Gasteiger partial charge is 0.227 e. The topological polar surface area (TPSA) is 58.4 Å². The first-order valence-electron chi connectivity index (χ1n) is 9.13. The summed E-state index contributed by atoms with van der Waals surface area (Å²) in [5.74, 6) is 0.229. The van der Waals surface area contributed by atoms with Crippen LogP contribution < -0.4 is 16.0 Å². The van der Waals surface area contributed by atoms with Gasteiger partial charge in [0.05, 0.1) is 6.04 Å². The maximum Gasteiger partial charge on any atom is 0.227 e. The molecular weight excluding hydrogens is 310 g/mol. The van der Waals surface area contributed by atoms with Crippen LogP contribution in [0.2, 0.25) is 0 Å². The quantitative estimate of drug-likeness (QED) is 0.775. The zero-order valence-electron chi connectivity index (χ0n) is 15.0. The predicted molar refractivity (Wildman–Crippen MR) is 105 cm³/mol. The number of nitrogen functional groups attached to an aromatic ring is 1. The van der Waals surface area contributed by atoms with Crippen molar-refractivity contribution in [2.75, 3.05) is 16.0 Å². The number of amides is 1. The number of nitrogens with one attached hydrogen (secondary N) is 1. The summed E-state index contributed by atoms with van der Waals surface area (Å²) in [6.45, 7) is 4.25. The second-order valence-corrected chi connectivity index (χ2v) is 6.83. The van der Waals surface area contributed by atoms with Gasteiger partial charge in [0.15, 0.2) is 0 Å². The standard InChI is InChI=1S/C21H27N3O/c1-3-4-9-21(25)24-15(2)14-19(18-7-5-6-8-20(18)24)23-17-12-10-16(22)11-13-17/h5-8,10-13,15,19,23H,3-4,9,14,22H2,1-2H3/t15-,19+/m0/s1. The number of anilines is 3. The van der Waals surface area contributed by atoms with Crippen LogP contribution in [0.4, 0.5) is 17.1 Å². The molecule has 2 atom stereocenters. The Kier molecular flexibility index (Phi) is 5.27. The molecule has 0 unspecified atom stereocenters. The van der Waals surface area contributed by atoms with Gasteiger partial charge in [-0.15, -0.1) is 0 Å². The monoisotopic (exact) mass is 337 g/mol. The van der Waals surface area contributed by atoms with Crippen LogP contribution in [0.15, 0.2) is 48.5 Å². The van der Waals surface area contributed by atoms with Crippen LogP contribution in [0.5, 0.6) is 0 Å². The van der Waals surface area contributed by atoms with E-state index in [-0.39, 0.29) is 18.0 Å². The number of nitrogens with zero attached hydrogens (tertiary/aromatic N) is 1. The number of benzene rings is 2. The van der Waals surface area contributed by atoms with Crippen molar-refractivity contribution in [2.45, 2.75) is 51.6 Å². The lowest BCUT2D eigenvalue weighted by Gasteiger charge is -2.40. The summed E-state index contributed by atoms with van der Waals surface area (Å²) in [6.07, 6.45) is 3.48. The fraction of sp³-hybridized carbons (Fsp3) is 0.381. The third-order valence-corrected chi connectivity index (χ3v) is 4.85. The highest BCUT2D eigenvalue weighted by molar-refractivity contribution is 5.95. The summed E-state index contributed by atoms with van der Waals surface area (Å²) in [7, 11) is 0. The number of carbonyl (C=O) groups is 1. The molecule has 3 N–H and O–H groups in total. The fourth-order valence-electron chi connectivity index (χ4n) is 3.56. The highest BCUT2D eigenvalue weighted by Gasteiger charge is 2.33. The number of hydrogen-bond acceptors (Lipinski definition) is 3. The van der Waals surface area contributed by atoms with E-state index >= 15 is 0 Å². The van der Waals surface area contributed by atoms with E-state index in [1.54, 1.807) is 0 Å². The van der Waals surface area contributed by atoms with E-state index in [2.05, 4.69) is 31.3 Å². The number of rotatable bonds is 5. The van der Waals surface area contributed by atoms with Crippen LogP contribution in [0.3, 0.4) is 0 Å². The lowest BCUT2D eigenvalue weighted by molar-refractivity contribution is -0.119. The third kappa shape index (κ3) is 3.78. The van der Waals surface area contributed by atoms with Gasteiger partial charge in [-0.25, -0.2) is 0 Å². The molecule has 1 amide bonds. The van der Waals surface area contributed by atoms with E-state index in [0.29, 0.717) is 6.42 Å². The van der Waals surface area contributed by atoms with E-state index in [0.717, 1.165) is 36.3 Å². The van der Waals surface area contributed by atoms with Crippen LogP contribution in [0, 0.1) is 0 Å². The Bertz CT molecular complexity index is 726. The van der Waals surface area contributed by atoms with Gasteiger partial charge >= 0.3 is 0 Å². The summed E-state index contributed by atoms with van der Waals surface area (Å²) in [5.41, 5.74) is 9.81. The Morgan fingerprint density at radius 3 is 2.64 bits per heavy atom. The summed E-state index contributed by atoms with van der Waals surface area (Å²) in [5, 5.41) is 3.60. The van der Waals surface area contributed by atoms with Crippen molar-refractivity contribution in [2.24, 2.45) is 0 Å². The molecule has 132 valence electrons. The lowest BCUT2D eigenvalue weighted by Crippen LogP contribution is -2.44. The largest absolute Gasteiger partial charge is 0.399 e. The molecule has 4 heteroatoms. The van der Waals surface area contributed by atoms with E-state index < -0.39 is 0 Å². The van der Waals surface area contributed by atoms with Crippen molar-refractivity contribution in [3.05, 3.63) is 54.1 Å². The molecule has 0 spiro atoms. The Morgan fingerprint density at radius 1 is 1.20 bits per heavy atom. The van der Waals surface area contributed by atoms with Crippen molar-refractivity contribution >= 4 is 23.0 Å². The van der Waals surface area contributed by atoms with E-state index in [9.17, 15) is 4.79 Å². The molecule has 0 radical (unpaired) electrons. The zero-order chi connectivity index (χ0) is 17.8. The van der Waals surface area contributed by atoms with Crippen molar-refractivity contribution in [3.63, 3.8) is 0 Å². The Hall–Kier alpha value is -2.49. The maximum atomic E-state index is 12.7. The third-order valence-electron chi connectivity index (χ3n) is 4.85. The summed E-state index contributed by atoms with van der Waals surface area (Å²) in [4.78, 5) is 14.7. The minimum Gasteiger partial charge on any atom is -0.399 e. The molecule has 0 saturated heterocycles. The lowest BCUT2D eigenvalue weighted by atomic mass is 9.91. The van der Waals surface area contributed by atoms with Crippen molar-refractivity contribution < 1.29 is 4.79 Å². The Balaban J connectivity index is 1.87. The molecule has 4 nitrogen and oxygen atoms in total. The molecule has 0 fully saturated rings. The van der Waals surface area contributed by atoms with E-state index in [4.69, 9.17) is 5.73 Å². The summed E-state index contributed by atoms with van der Waals surface area (Å²) < 4.78 is 0. The number of nitrogens with two attached hydrogens (primary N) is 1. The number of hydrogen-bond donors (Lipinski definition) is 2. The molecule has 2 aromatic carbocycles. The average Bonchev–Trinajstić information content (AvgIpc) is 2.61. The van der Waals surface area contributed by atoms with Gasteiger partial charge in [-0.2, -0.15) is 0 Å². The van der Waals surface area contributed by atoms with Gasteiger partial charge in [-0.3, -0.25) is 4.79 Å². The van der Waals surface area contributed by atoms with Crippen LogP contribution in [-0.4, -0.2) is 11.9 Å². The molecule has 1 aliphatic rings. The molecule has 0 bridgehead atoms. The second-order valence-electron chi connectivity index (χ2n) is 6.83. The molecule has 0 aliphatic carbocycles. The summed E-state index contributed by atoms with van der Waals surface area (Å²) >= 11 is 0. The summed E-state index contributed by atoms with van der Waals surface area (Å²) in [6, 6.07) is 16.4. The fourth-order valence-corrected chi connectivity index (χ4v) is 3.56. The Labute approximate surface area is 150 Å². The molecule has 3 rings (SSSR count). The molecule has 0 saturated carbocycles. The van der Waals surface area contributed by atoms with Gasteiger partial charge in [0.1, 0.15) is 0 Å². The first-order valence-corrected chi connectivity index (χ1v) is 9.13. The molecule has 2 aromatic rings. The predicted octanol–water partition coefficient (Wildman–Crippen LogP) is 4.74. The van der Waals surface area contributed by atoms with Gasteiger partial charge in [0.2, 0.25) is 5.91 Å². The number of carbonyl (C=O) groups excluding carboxylic acids is 1. The first kappa shape index (κ1) is 17.3. The van der Waals surface area contributed by atoms with E-state index in [1.165, 1.54) is 5.56 Å². The number of unbranched alkanes of at least 4 members (excludes halogenated alkanes) is 1. The highest BCUT2D eigenvalue weighted by Crippen LogP contribution is 2.39. The first-order chi connectivity index (χ1) is 12.1. The highest BCUT2D eigenvalue weighted by atomic mass is 16.2. The molecule has 0 aromatic heterocycles. The van der Waals surface area contributed by atoms with Crippen molar-refractivity contribution in [3.8, 4) is 0 Å². The normalized spacial score (nSPS) is 19.4. The van der Waals surface area contributed by atoms with E-state index in [1.807, 2.05) is 41.3 Å². The number of para-hydroxylation sites is 1. The van der Waals surface area contributed by atoms with Crippen LogP contribution in [-0.2, 0) is 4.79 Å². The van der Waals surface area contributed by atoms with Crippen molar-refractivity contribution in [1.82, 2.24) is 0 Å². The van der Waals surface area contributed by atoms with Crippen molar-refractivity contribution in [1.29, 1.82) is 0 Å². The average molecular weight is 337 g/mol. The SMILES string of the molecule is CCCCC(=O)N1c2ccccc2[C@H](Nc2ccc(N)cc2)C[C@@H]1C. The second kappa shape index (κ2) is 7.60. The van der Waals surface area contributed by atoms with Gasteiger partial charge < -0.3 is 16.0 Å². The molecular formula is C21H27N3O. The molecule has 25 heavy (non-hydrogen) atoms. The molecule has 1 aliphatic heterocycles. The minimum atomic E-state index is 0.172.